The van der Waals surface area contributed by atoms with Crippen molar-refractivity contribution in [1.82, 2.24) is 20.6 Å². The molecule has 0 fully saturated rings. The number of carbonyl (C=O) groups is 2. The first-order valence-corrected chi connectivity index (χ1v) is 10.3. The Labute approximate surface area is 193 Å². The molecule has 3 rings (SSSR count). The van der Waals surface area contributed by atoms with Crippen LogP contribution in [0.1, 0.15) is 26.3 Å². The summed E-state index contributed by atoms with van der Waals surface area (Å²) < 4.78 is 5.19. The summed E-state index contributed by atoms with van der Waals surface area (Å²) in [4.78, 5) is 32.4. The summed E-state index contributed by atoms with van der Waals surface area (Å²) in [5.74, 6) is 0.710. The first kappa shape index (κ1) is 24.9. The Hall–Kier alpha value is -3.39. The van der Waals surface area contributed by atoms with Crippen LogP contribution in [0.3, 0.4) is 0 Å². The SMILES string of the molecule is CCNC(=O)Nc1cc2c(-c3ccncc3)ccc(CNC(=O)OCC(C)C)c2cn1.Cl. The maximum Gasteiger partial charge on any atom is 0.407 e. The molecule has 3 aromatic rings. The Morgan fingerprint density at radius 3 is 2.50 bits per heavy atom. The van der Waals surface area contributed by atoms with Crippen molar-refractivity contribution in [3.8, 4) is 11.1 Å². The number of aromatic nitrogens is 2. The predicted molar refractivity (Wildman–Crippen MR) is 128 cm³/mol. The van der Waals surface area contributed by atoms with Crippen LogP contribution in [0.15, 0.2) is 48.9 Å². The number of fused-ring (bicyclic) bond motifs is 1. The van der Waals surface area contributed by atoms with E-state index in [-0.39, 0.29) is 24.4 Å². The number of hydrogen-bond donors (Lipinski definition) is 3. The van der Waals surface area contributed by atoms with Gasteiger partial charge in [-0.1, -0.05) is 26.0 Å². The number of urea groups is 1. The minimum Gasteiger partial charge on any atom is -0.449 e. The van der Waals surface area contributed by atoms with E-state index < -0.39 is 6.09 Å². The molecule has 8 nitrogen and oxygen atoms in total. The van der Waals surface area contributed by atoms with E-state index >= 15 is 0 Å². The molecule has 0 aliphatic carbocycles. The lowest BCUT2D eigenvalue weighted by molar-refractivity contribution is 0.132. The number of ether oxygens (including phenoxy) is 1. The lowest BCUT2D eigenvalue weighted by atomic mass is 9.96. The van der Waals surface area contributed by atoms with E-state index in [1.54, 1.807) is 18.6 Å². The lowest BCUT2D eigenvalue weighted by Gasteiger charge is -2.14. The van der Waals surface area contributed by atoms with Crippen LogP contribution in [0.2, 0.25) is 0 Å². The molecule has 9 heteroatoms. The first-order chi connectivity index (χ1) is 15.0. The number of hydrogen-bond acceptors (Lipinski definition) is 5. The molecule has 0 saturated heterocycles. The largest absolute Gasteiger partial charge is 0.449 e. The highest BCUT2D eigenvalue weighted by molar-refractivity contribution is 6.00. The van der Waals surface area contributed by atoms with Crippen LogP contribution in [0.4, 0.5) is 15.4 Å². The summed E-state index contributed by atoms with van der Waals surface area (Å²) in [5, 5.41) is 10.0. The van der Waals surface area contributed by atoms with E-state index in [0.29, 0.717) is 25.5 Å². The fourth-order valence-electron chi connectivity index (χ4n) is 3.09. The predicted octanol–water partition coefficient (Wildman–Crippen LogP) is 4.74. The minimum absolute atomic E-state index is 0. The number of nitrogens with zero attached hydrogens (tertiary/aromatic N) is 2. The van der Waals surface area contributed by atoms with Gasteiger partial charge in [-0.15, -0.1) is 12.4 Å². The van der Waals surface area contributed by atoms with E-state index in [9.17, 15) is 9.59 Å². The second-order valence-corrected chi connectivity index (χ2v) is 7.45. The molecule has 0 unspecified atom stereocenters. The van der Waals surface area contributed by atoms with Crippen molar-refractivity contribution >= 4 is 41.1 Å². The third-order valence-corrected chi connectivity index (χ3v) is 4.53. The summed E-state index contributed by atoms with van der Waals surface area (Å²) in [6.45, 7) is 7.00. The summed E-state index contributed by atoms with van der Waals surface area (Å²) >= 11 is 0. The van der Waals surface area contributed by atoms with Gasteiger partial charge in [-0.05, 0) is 53.1 Å². The molecule has 2 aromatic heterocycles. The van der Waals surface area contributed by atoms with Crippen molar-refractivity contribution in [3.63, 3.8) is 0 Å². The highest BCUT2D eigenvalue weighted by Gasteiger charge is 2.12. The van der Waals surface area contributed by atoms with E-state index in [4.69, 9.17) is 4.74 Å². The molecule has 2 heterocycles. The van der Waals surface area contributed by atoms with E-state index in [1.165, 1.54) is 0 Å². The molecule has 0 spiro atoms. The normalized spacial score (nSPS) is 10.4. The average Bonchev–Trinajstić information content (AvgIpc) is 2.76. The number of nitrogens with one attached hydrogen (secondary N) is 3. The Morgan fingerprint density at radius 1 is 1.06 bits per heavy atom. The Bertz CT molecular complexity index is 1060. The zero-order valence-corrected chi connectivity index (χ0v) is 19.2. The van der Waals surface area contributed by atoms with Crippen LogP contribution in [0.5, 0.6) is 0 Å². The minimum atomic E-state index is -0.456. The van der Waals surface area contributed by atoms with Crippen LogP contribution in [-0.4, -0.2) is 35.2 Å². The van der Waals surface area contributed by atoms with E-state index in [1.807, 2.05) is 51.1 Å². The third-order valence-electron chi connectivity index (χ3n) is 4.53. The third kappa shape index (κ3) is 6.55. The summed E-state index contributed by atoms with van der Waals surface area (Å²) in [7, 11) is 0. The fourth-order valence-corrected chi connectivity index (χ4v) is 3.09. The van der Waals surface area contributed by atoms with Crippen molar-refractivity contribution in [2.75, 3.05) is 18.5 Å². The lowest BCUT2D eigenvalue weighted by Crippen LogP contribution is -2.28. The van der Waals surface area contributed by atoms with E-state index in [0.717, 1.165) is 27.5 Å². The Balaban J connectivity index is 0.00000363. The van der Waals surface area contributed by atoms with Gasteiger partial charge in [-0.3, -0.25) is 10.3 Å². The van der Waals surface area contributed by atoms with Gasteiger partial charge in [0.25, 0.3) is 0 Å². The summed E-state index contributed by atoms with van der Waals surface area (Å²) in [6, 6.07) is 9.32. The molecule has 32 heavy (non-hydrogen) atoms. The summed E-state index contributed by atoms with van der Waals surface area (Å²) in [5.41, 5.74) is 2.86. The molecule has 0 aliphatic heterocycles. The fraction of sp³-hybridized carbons (Fsp3) is 0.304. The number of halogens is 1. The molecular weight excluding hydrogens is 430 g/mol. The number of benzene rings is 1. The Kier molecular flexibility index (Phi) is 9.22. The zero-order valence-electron chi connectivity index (χ0n) is 18.3. The number of amides is 3. The smallest absolute Gasteiger partial charge is 0.407 e. The molecule has 0 aliphatic rings. The quantitative estimate of drug-likeness (QED) is 0.475. The van der Waals surface area contributed by atoms with Crippen molar-refractivity contribution in [3.05, 3.63) is 54.5 Å². The Morgan fingerprint density at radius 2 is 1.81 bits per heavy atom. The molecule has 170 valence electrons. The zero-order chi connectivity index (χ0) is 22.2. The van der Waals surface area contributed by atoms with Gasteiger partial charge in [0.1, 0.15) is 5.82 Å². The van der Waals surface area contributed by atoms with Crippen LogP contribution >= 0.6 is 12.4 Å². The van der Waals surface area contributed by atoms with Gasteiger partial charge in [0, 0.05) is 37.1 Å². The van der Waals surface area contributed by atoms with Gasteiger partial charge in [-0.25, -0.2) is 14.6 Å². The molecule has 3 amide bonds. The molecular formula is C23H28ClN5O3. The first-order valence-electron chi connectivity index (χ1n) is 10.3. The molecule has 0 saturated carbocycles. The topological polar surface area (TPSA) is 105 Å². The van der Waals surface area contributed by atoms with Crippen molar-refractivity contribution in [2.45, 2.75) is 27.3 Å². The summed E-state index contributed by atoms with van der Waals surface area (Å²) in [6.07, 6.45) is 4.72. The molecule has 0 atom stereocenters. The maximum absolute atomic E-state index is 12.0. The van der Waals surface area contributed by atoms with Crippen molar-refractivity contribution < 1.29 is 14.3 Å². The van der Waals surface area contributed by atoms with Crippen LogP contribution in [0, 0.1) is 5.92 Å². The van der Waals surface area contributed by atoms with Gasteiger partial charge in [0.05, 0.1) is 6.61 Å². The highest BCUT2D eigenvalue weighted by atomic mass is 35.5. The number of rotatable bonds is 7. The maximum atomic E-state index is 12.0. The van der Waals surface area contributed by atoms with Gasteiger partial charge >= 0.3 is 12.1 Å². The number of carbonyl (C=O) groups excluding carboxylic acids is 2. The number of anilines is 1. The monoisotopic (exact) mass is 457 g/mol. The highest BCUT2D eigenvalue weighted by Crippen LogP contribution is 2.31. The van der Waals surface area contributed by atoms with Crippen molar-refractivity contribution in [1.29, 1.82) is 0 Å². The van der Waals surface area contributed by atoms with Crippen LogP contribution < -0.4 is 16.0 Å². The second-order valence-electron chi connectivity index (χ2n) is 7.45. The molecule has 0 radical (unpaired) electrons. The van der Waals surface area contributed by atoms with E-state index in [2.05, 4.69) is 25.9 Å². The average molecular weight is 458 g/mol. The second kappa shape index (κ2) is 11.9. The van der Waals surface area contributed by atoms with Crippen LogP contribution in [0.25, 0.3) is 21.9 Å². The number of pyridine rings is 2. The van der Waals surface area contributed by atoms with Crippen LogP contribution in [-0.2, 0) is 11.3 Å². The standard InChI is InChI=1S/C23H27N5O3.ClH/c1-4-25-22(29)28-21-11-19-18(16-7-9-24-10-8-16)6-5-17(20(19)13-26-21)12-27-23(30)31-14-15(2)3;/h5-11,13,15H,4,12,14H2,1-3H3,(H,27,30)(H2,25,26,28,29);1H. The van der Waals surface area contributed by atoms with Gasteiger partial charge < -0.3 is 15.4 Å². The molecule has 1 aromatic carbocycles. The number of alkyl carbamates (subject to hydrolysis) is 1. The van der Waals surface area contributed by atoms with Gasteiger partial charge in [-0.2, -0.15) is 0 Å². The van der Waals surface area contributed by atoms with Gasteiger partial charge in [0.2, 0.25) is 0 Å². The molecule has 3 N–H and O–H groups in total. The van der Waals surface area contributed by atoms with Crippen molar-refractivity contribution in [2.24, 2.45) is 5.92 Å². The molecule has 0 bridgehead atoms. The van der Waals surface area contributed by atoms with Gasteiger partial charge in [0.15, 0.2) is 0 Å².